The molecule has 2 rings (SSSR count). The zero-order valence-electron chi connectivity index (χ0n) is 6.64. The lowest BCUT2D eigenvalue weighted by molar-refractivity contribution is 0.300. The fraction of sp³-hybridized carbons (Fsp3) is 0.222. The van der Waals surface area contributed by atoms with Crippen molar-refractivity contribution in [3.05, 3.63) is 36.2 Å². The van der Waals surface area contributed by atoms with Crippen molar-refractivity contribution >= 4 is 5.52 Å². The van der Waals surface area contributed by atoms with E-state index in [1.807, 2.05) is 28.9 Å². The SMILES string of the molecule is OCCc1cnn2ccccc12. The Balaban J connectivity index is 2.55. The maximum atomic E-state index is 8.76. The maximum absolute atomic E-state index is 8.76. The van der Waals surface area contributed by atoms with Crippen LogP contribution in [0.1, 0.15) is 5.56 Å². The monoisotopic (exact) mass is 162 g/mol. The lowest BCUT2D eigenvalue weighted by Gasteiger charge is -1.94. The zero-order chi connectivity index (χ0) is 8.39. The Morgan fingerprint density at radius 3 is 3.17 bits per heavy atom. The minimum Gasteiger partial charge on any atom is -0.396 e. The molecule has 62 valence electrons. The molecule has 0 amide bonds. The van der Waals surface area contributed by atoms with E-state index in [1.54, 1.807) is 6.20 Å². The minimum absolute atomic E-state index is 0.177. The summed E-state index contributed by atoms with van der Waals surface area (Å²) in [6.45, 7) is 0.177. The molecule has 0 saturated carbocycles. The van der Waals surface area contributed by atoms with Gasteiger partial charge in [0.1, 0.15) is 0 Å². The lowest BCUT2D eigenvalue weighted by atomic mass is 10.2. The van der Waals surface area contributed by atoms with E-state index in [0.29, 0.717) is 6.42 Å². The Morgan fingerprint density at radius 1 is 1.42 bits per heavy atom. The first-order valence-corrected chi connectivity index (χ1v) is 3.94. The van der Waals surface area contributed by atoms with Crippen LogP contribution in [0, 0.1) is 0 Å². The second-order valence-electron chi connectivity index (χ2n) is 2.67. The van der Waals surface area contributed by atoms with E-state index in [-0.39, 0.29) is 6.61 Å². The first-order valence-electron chi connectivity index (χ1n) is 3.94. The first-order chi connectivity index (χ1) is 5.92. The number of aromatic nitrogens is 2. The summed E-state index contributed by atoms with van der Waals surface area (Å²) in [6, 6.07) is 5.90. The number of hydrogen-bond donors (Lipinski definition) is 1. The first kappa shape index (κ1) is 7.31. The molecule has 12 heavy (non-hydrogen) atoms. The van der Waals surface area contributed by atoms with Crippen LogP contribution in [0.25, 0.3) is 5.52 Å². The van der Waals surface area contributed by atoms with Gasteiger partial charge >= 0.3 is 0 Å². The molecule has 0 spiro atoms. The Bertz CT molecular complexity index is 381. The van der Waals surface area contributed by atoms with E-state index in [0.717, 1.165) is 11.1 Å². The summed E-state index contributed by atoms with van der Waals surface area (Å²) in [6.07, 6.45) is 4.37. The molecule has 2 heterocycles. The van der Waals surface area contributed by atoms with Gasteiger partial charge in [0, 0.05) is 18.4 Å². The number of aliphatic hydroxyl groups excluding tert-OH is 1. The second-order valence-corrected chi connectivity index (χ2v) is 2.67. The molecular formula is C9H10N2O. The predicted molar refractivity (Wildman–Crippen MR) is 46.0 cm³/mol. The van der Waals surface area contributed by atoms with Crippen LogP contribution >= 0.6 is 0 Å². The highest BCUT2D eigenvalue weighted by molar-refractivity contribution is 5.53. The van der Waals surface area contributed by atoms with Gasteiger partial charge in [0.05, 0.1) is 11.7 Å². The Morgan fingerprint density at radius 2 is 2.33 bits per heavy atom. The van der Waals surface area contributed by atoms with Crippen molar-refractivity contribution in [1.82, 2.24) is 9.61 Å². The lowest BCUT2D eigenvalue weighted by Crippen LogP contribution is -1.89. The van der Waals surface area contributed by atoms with Gasteiger partial charge in [-0.25, -0.2) is 4.52 Å². The average Bonchev–Trinajstić information content (AvgIpc) is 2.50. The molecule has 2 aromatic heterocycles. The Hall–Kier alpha value is -1.35. The summed E-state index contributed by atoms with van der Waals surface area (Å²) in [5.74, 6) is 0. The summed E-state index contributed by atoms with van der Waals surface area (Å²) in [5.41, 5.74) is 2.17. The van der Waals surface area contributed by atoms with Crippen LogP contribution in [-0.4, -0.2) is 21.3 Å². The summed E-state index contributed by atoms with van der Waals surface area (Å²) in [4.78, 5) is 0. The predicted octanol–water partition coefficient (Wildman–Crippen LogP) is 0.869. The summed E-state index contributed by atoms with van der Waals surface area (Å²) >= 11 is 0. The quantitative estimate of drug-likeness (QED) is 0.711. The van der Waals surface area contributed by atoms with E-state index in [4.69, 9.17) is 5.11 Å². The number of pyridine rings is 1. The van der Waals surface area contributed by atoms with E-state index >= 15 is 0 Å². The molecule has 0 aliphatic rings. The van der Waals surface area contributed by atoms with Crippen molar-refractivity contribution in [2.24, 2.45) is 0 Å². The molecule has 0 aromatic carbocycles. The minimum atomic E-state index is 0.177. The highest BCUT2D eigenvalue weighted by Gasteiger charge is 2.00. The van der Waals surface area contributed by atoms with E-state index in [2.05, 4.69) is 5.10 Å². The molecule has 0 aliphatic heterocycles. The molecule has 0 radical (unpaired) electrons. The highest BCUT2D eigenvalue weighted by atomic mass is 16.2. The van der Waals surface area contributed by atoms with Crippen molar-refractivity contribution in [3.8, 4) is 0 Å². The largest absolute Gasteiger partial charge is 0.396 e. The normalized spacial score (nSPS) is 10.8. The fourth-order valence-electron chi connectivity index (χ4n) is 1.30. The van der Waals surface area contributed by atoms with Crippen molar-refractivity contribution in [2.75, 3.05) is 6.61 Å². The Labute approximate surface area is 70.3 Å². The van der Waals surface area contributed by atoms with Gasteiger partial charge in [-0.05, 0) is 18.6 Å². The van der Waals surface area contributed by atoms with Crippen LogP contribution in [-0.2, 0) is 6.42 Å². The highest BCUT2D eigenvalue weighted by Crippen LogP contribution is 2.09. The van der Waals surface area contributed by atoms with Gasteiger partial charge in [0.15, 0.2) is 0 Å². The summed E-state index contributed by atoms with van der Waals surface area (Å²) < 4.78 is 1.81. The standard InChI is InChI=1S/C9H10N2O/c12-6-4-8-7-10-11-5-2-1-3-9(8)11/h1-3,5,7,12H,4,6H2. The van der Waals surface area contributed by atoms with Crippen LogP contribution in [0.3, 0.4) is 0 Å². The number of nitrogens with zero attached hydrogens (tertiary/aromatic N) is 2. The molecule has 0 unspecified atom stereocenters. The zero-order valence-corrected chi connectivity index (χ0v) is 6.64. The number of aliphatic hydroxyl groups is 1. The molecule has 0 fully saturated rings. The Kier molecular flexibility index (Phi) is 1.80. The van der Waals surface area contributed by atoms with Crippen molar-refractivity contribution < 1.29 is 5.11 Å². The fourth-order valence-corrected chi connectivity index (χ4v) is 1.30. The van der Waals surface area contributed by atoms with Gasteiger partial charge in [0.25, 0.3) is 0 Å². The van der Waals surface area contributed by atoms with E-state index < -0.39 is 0 Å². The molecule has 0 saturated heterocycles. The molecule has 2 aromatic rings. The topological polar surface area (TPSA) is 37.5 Å². The third kappa shape index (κ3) is 1.08. The number of rotatable bonds is 2. The summed E-state index contributed by atoms with van der Waals surface area (Å²) in [7, 11) is 0. The summed E-state index contributed by atoms with van der Waals surface area (Å²) in [5, 5.41) is 12.9. The van der Waals surface area contributed by atoms with Gasteiger partial charge < -0.3 is 5.11 Å². The third-order valence-electron chi connectivity index (χ3n) is 1.89. The number of hydrogen-bond acceptors (Lipinski definition) is 2. The van der Waals surface area contributed by atoms with Crippen LogP contribution in [0.15, 0.2) is 30.6 Å². The van der Waals surface area contributed by atoms with Crippen LogP contribution < -0.4 is 0 Å². The van der Waals surface area contributed by atoms with Crippen molar-refractivity contribution in [2.45, 2.75) is 6.42 Å². The van der Waals surface area contributed by atoms with Crippen molar-refractivity contribution in [3.63, 3.8) is 0 Å². The smallest absolute Gasteiger partial charge is 0.0694 e. The molecule has 0 aliphatic carbocycles. The van der Waals surface area contributed by atoms with Gasteiger partial charge in [0.2, 0.25) is 0 Å². The maximum Gasteiger partial charge on any atom is 0.0694 e. The third-order valence-corrected chi connectivity index (χ3v) is 1.89. The van der Waals surface area contributed by atoms with Crippen LogP contribution in [0.5, 0.6) is 0 Å². The molecule has 0 atom stereocenters. The van der Waals surface area contributed by atoms with Gasteiger partial charge in [-0.3, -0.25) is 0 Å². The van der Waals surface area contributed by atoms with Crippen molar-refractivity contribution in [1.29, 1.82) is 0 Å². The molecule has 3 nitrogen and oxygen atoms in total. The molecule has 3 heteroatoms. The number of fused-ring (bicyclic) bond motifs is 1. The van der Waals surface area contributed by atoms with Gasteiger partial charge in [-0.15, -0.1) is 0 Å². The second kappa shape index (κ2) is 2.95. The van der Waals surface area contributed by atoms with Crippen LogP contribution in [0.2, 0.25) is 0 Å². The average molecular weight is 162 g/mol. The van der Waals surface area contributed by atoms with Gasteiger partial charge in [-0.2, -0.15) is 5.10 Å². The molecular weight excluding hydrogens is 152 g/mol. The van der Waals surface area contributed by atoms with E-state index in [1.165, 1.54) is 0 Å². The van der Waals surface area contributed by atoms with E-state index in [9.17, 15) is 0 Å². The molecule has 1 N–H and O–H groups in total. The van der Waals surface area contributed by atoms with Gasteiger partial charge in [-0.1, -0.05) is 6.07 Å². The van der Waals surface area contributed by atoms with Crippen LogP contribution in [0.4, 0.5) is 0 Å². The molecule has 0 bridgehead atoms.